The molecule has 0 aliphatic heterocycles. The summed E-state index contributed by atoms with van der Waals surface area (Å²) in [5.41, 5.74) is -0.0603. The van der Waals surface area contributed by atoms with Crippen molar-refractivity contribution in [3.63, 3.8) is 0 Å². The van der Waals surface area contributed by atoms with Crippen LogP contribution < -0.4 is 0 Å². The summed E-state index contributed by atoms with van der Waals surface area (Å²) in [5, 5.41) is 7.97. The molecule has 1 heterocycles. The minimum Gasteiger partial charge on any atom is -0.655 e. The molecule has 0 saturated carbocycles. The van der Waals surface area contributed by atoms with E-state index < -0.39 is 0 Å². The smallest absolute Gasteiger partial charge is 0.208 e. The second-order valence-electron chi connectivity index (χ2n) is 4.14. The van der Waals surface area contributed by atoms with E-state index in [0.29, 0.717) is 5.89 Å². The van der Waals surface area contributed by atoms with Gasteiger partial charge >= 0.3 is 0 Å². The fraction of sp³-hybridized carbons (Fsp3) is 0.778. The summed E-state index contributed by atoms with van der Waals surface area (Å²) in [5.74, 6) is 1.32. The van der Waals surface area contributed by atoms with Crippen molar-refractivity contribution in [3.8, 4) is 0 Å². The van der Waals surface area contributed by atoms with E-state index in [4.69, 9.17) is 4.52 Å². The number of hydrogen-bond donors (Lipinski definition) is 0. The summed E-state index contributed by atoms with van der Waals surface area (Å²) in [7, 11) is 1.74. The molecule has 1 unspecified atom stereocenters. The van der Waals surface area contributed by atoms with Gasteiger partial charge in [-0.2, -0.15) is 12.0 Å². The maximum atomic E-state index is 5.09. The predicted octanol–water partition coefficient (Wildman–Crippen LogP) is 2.43. The van der Waals surface area contributed by atoms with Gasteiger partial charge in [0.05, 0.1) is 0 Å². The molecule has 0 aliphatic carbocycles. The average Bonchev–Trinajstić information content (AvgIpc) is 2.50. The molecule has 1 aromatic heterocycles. The van der Waals surface area contributed by atoms with Crippen molar-refractivity contribution in [1.29, 1.82) is 0 Å². The molecule has 1 aromatic rings. The van der Waals surface area contributed by atoms with E-state index in [0.717, 1.165) is 5.82 Å². The van der Waals surface area contributed by atoms with Crippen molar-refractivity contribution in [3.05, 3.63) is 17.0 Å². The quantitative estimate of drug-likeness (QED) is 0.830. The summed E-state index contributed by atoms with van der Waals surface area (Å²) >= 11 is 0. The molecule has 1 radical (unpaired) electrons. The van der Waals surface area contributed by atoms with Gasteiger partial charge in [0.25, 0.3) is 0 Å². The van der Waals surface area contributed by atoms with Crippen LogP contribution in [0.4, 0.5) is 0 Å². The van der Waals surface area contributed by atoms with Crippen LogP contribution in [-0.4, -0.2) is 17.2 Å². The first kappa shape index (κ1) is 14.2. The monoisotopic (exact) mass is 271 g/mol. The van der Waals surface area contributed by atoms with E-state index in [1.807, 2.05) is 6.92 Å². The Balaban J connectivity index is 0.00000169. The van der Waals surface area contributed by atoms with Crippen LogP contribution in [0, 0.1) is 0 Å². The maximum Gasteiger partial charge on any atom is 0.208 e. The van der Waals surface area contributed by atoms with Gasteiger partial charge in [0.15, 0.2) is 5.82 Å². The van der Waals surface area contributed by atoms with Crippen molar-refractivity contribution >= 4 is 0 Å². The Morgan fingerprint density at radius 2 is 1.93 bits per heavy atom. The van der Waals surface area contributed by atoms with E-state index in [-0.39, 0.29) is 44.2 Å². The van der Waals surface area contributed by atoms with Crippen LogP contribution in [0.2, 0.25) is 0 Å². The summed E-state index contributed by atoms with van der Waals surface area (Å²) in [6.45, 7) is 8.08. The Labute approximate surface area is 110 Å². The fourth-order valence-corrected chi connectivity index (χ4v) is 0.820. The van der Waals surface area contributed by atoms with E-state index in [1.54, 1.807) is 7.05 Å². The first-order chi connectivity index (χ1) is 5.95. The zero-order valence-electron chi connectivity index (χ0n) is 9.40. The molecule has 1 rings (SSSR count). The van der Waals surface area contributed by atoms with Crippen molar-refractivity contribution in [2.24, 2.45) is 0 Å². The zero-order valence-corrected chi connectivity index (χ0v) is 12.2. The van der Waals surface area contributed by atoms with E-state index in [9.17, 15) is 0 Å². The largest absolute Gasteiger partial charge is 0.655 e. The number of aromatic nitrogens is 2. The summed E-state index contributed by atoms with van der Waals surface area (Å²) in [6, 6.07) is -0.0106. The molecular formula is C9H16N3OY-. The van der Waals surface area contributed by atoms with Crippen molar-refractivity contribution in [2.45, 2.75) is 39.2 Å². The van der Waals surface area contributed by atoms with E-state index in [1.165, 1.54) is 0 Å². The van der Waals surface area contributed by atoms with E-state index >= 15 is 0 Å². The topological polar surface area (TPSA) is 53.0 Å². The molecule has 1 atom stereocenters. The number of rotatable bonds is 2. The third-order valence-corrected chi connectivity index (χ3v) is 1.86. The molecule has 0 aromatic carbocycles. The molecule has 14 heavy (non-hydrogen) atoms. The predicted molar refractivity (Wildman–Crippen MR) is 50.7 cm³/mol. The van der Waals surface area contributed by atoms with Crippen LogP contribution in [0.25, 0.3) is 5.32 Å². The molecule has 0 amide bonds. The minimum absolute atomic E-state index is 0. The van der Waals surface area contributed by atoms with Gasteiger partial charge in [0.1, 0.15) is 0 Å². The molecule has 0 saturated heterocycles. The Morgan fingerprint density at radius 1 is 1.36 bits per heavy atom. The van der Waals surface area contributed by atoms with Gasteiger partial charge in [0, 0.05) is 38.1 Å². The van der Waals surface area contributed by atoms with Crippen LogP contribution in [-0.2, 0) is 38.1 Å². The van der Waals surface area contributed by atoms with E-state index in [2.05, 4.69) is 36.2 Å². The third kappa shape index (κ3) is 3.41. The Bertz CT molecular complexity index is 280. The summed E-state index contributed by atoms with van der Waals surface area (Å²) in [6.07, 6.45) is 0. The van der Waals surface area contributed by atoms with Crippen molar-refractivity contribution in [2.75, 3.05) is 7.05 Å². The van der Waals surface area contributed by atoms with Crippen LogP contribution in [0.15, 0.2) is 4.52 Å². The number of hydrogen-bond acceptors (Lipinski definition) is 3. The van der Waals surface area contributed by atoms with Crippen LogP contribution in [0.3, 0.4) is 0 Å². The second-order valence-corrected chi connectivity index (χ2v) is 4.14. The molecule has 77 valence electrons. The Morgan fingerprint density at radius 3 is 2.29 bits per heavy atom. The molecule has 0 bridgehead atoms. The van der Waals surface area contributed by atoms with Gasteiger partial charge in [0.2, 0.25) is 5.89 Å². The average molecular weight is 271 g/mol. The van der Waals surface area contributed by atoms with Gasteiger partial charge in [-0.3, -0.25) is 0 Å². The molecule has 0 spiro atoms. The second kappa shape index (κ2) is 5.33. The zero-order chi connectivity index (χ0) is 10.1. The molecule has 0 fully saturated rings. The molecule has 4 nitrogen and oxygen atoms in total. The molecule has 0 N–H and O–H groups in total. The van der Waals surface area contributed by atoms with Gasteiger partial charge in [-0.25, -0.2) is 0 Å². The standard InChI is InChI=1S/C9H16N3O.Y/c1-6(10-5)7-11-8(12-13-7)9(2,3)4;/h6H,1-5H3;/q-1;. The van der Waals surface area contributed by atoms with Gasteiger partial charge < -0.3 is 9.84 Å². The molecular weight excluding hydrogens is 255 g/mol. The Kier molecular flexibility index (Phi) is 5.41. The number of nitrogens with zero attached hydrogens (tertiary/aromatic N) is 3. The van der Waals surface area contributed by atoms with Gasteiger partial charge in [-0.05, 0) is 0 Å². The molecule has 0 aliphatic rings. The summed E-state index contributed by atoms with van der Waals surface area (Å²) < 4.78 is 5.09. The third-order valence-electron chi connectivity index (χ3n) is 1.86. The Hall–Kier alpha value is 0.204. The van der Waals surface area contributed by atoms with Crippen LogP contribution >= 0.6 is 0 Å². The first-order valence-corrected chi connectivity index (χ1v) is 4.38. The normalized spacial score (nSPS) is 13.5. The van der Waals surface area contributed by atoms with Crippen LogP contribution in [0.1, 0.15) is 45.5 Å². The maximum absolute atomic E-state index is 5.09. The summed E-state index contributed by atoms with van der Waals surface area (Å²) in [4.78, 5) is 4.28. The first-order valence-electron chi connectivity index (χ1n) is 4.38. The van der Waals surface area contributed by atoms with Crippen molar-refractivity contribution < 1.29 is 37.2 Å². The fourth-order valence-electron chi connectivity index (χ4n) is 0.820. The van der Waals surface area contributed by atoms with Crippen molar-refractivity contribution in [1.82, 2.24) is 10.1 Å². The minimum atomic E-state index is -0.0603. The SMILES string of the molecule is C[N-]C(C)c1nc(C(C)(C)C)no1.[Y]. The van der Waals surface area contributed by atoms with Gasteiger partial charge in [-0.1, -0.05) is 38.9 Å². The van der Waals surface area contributed by atoms with Gasteiger partial charge in [-0.15, -0.1) is 0 Å². The van der Waals surface area contributed by atoms with Crippen LogP contribution in [0.5, 0.6) is 0 Å². The molecule has 5 heteroatoms.